The number of piperidine rings is 1. The number of halogens is 1. The van der Waals surface area contributed by atoms with Crippen molar-refractivity contribution < 1.29 is 12.8 Å². The first-order valence-corrected chi connectivity index (χ1v) is 11.9. The van der Waals surface area contributed by atoms with E-state index in [0.29, 0.717) is 24.5 Å². The fraction of sp³-hybridized carbons (Fsp3) is 0.292. The van der Waals surface area contributed by atoms with Crippen molar-refractivity contribution >= 4 is 21.9 Å². The van der Waals surface area contributed by atoms with Gasteiger partial charge in [0.15, 0.2) is 0 Å². The average Bonchev–Trinajstić information content (AvgIpc) is 3.06. The fourth-order valence-electron chi connectivity index (χ4n) is 4.04. The SMILES string of the molecule is Cc1cc(C=Nc2cccc(S(=O)(=O)N3CCCCC3)c2)c(C)n1-c1ccccc1F. The number of hydrogen-bond donors (Lipinski definition) is 0. The molecular formula is C24H26FN3O2S. The lowest BCUT2D eigenvalue weighted by atomic mass is 10.2. The second-order valence-corrected chi connectivity index (χ2v) is 9.77. The lowest BCUT2D eigenvalue weighted by Gasteiger charge is -2.25. The quantitative estimate of drug-likeness (QED) is 0.516. The molecule has 1 aliphatic heterocycles. The van der Waals surface area contributed by atoms with E-state index in [2.05, 4.69) is 4.99 Å². The second kappa shape index (κ2) is 8.77. The van der Waals surface area contributed by atoms with Gasteiger partial charge in [0.25, 0.3) is 0 Å². The maximum absolute atomic E-state index is 14.3. The van der Waals surface area contributed by atoms with Gasteiger partial charge >= 0.3 is 0 Å². The van der Waals surface area contributed by atoms with Crippen LogP contribution in [0.3, 0.4) is 0 Å². The standard InChI is InChI=1S/C24H26FN3O2S/c1-18-15-20(19(2)28(18)24-12-5-4-11-23(24)25)17-26-21-9-8-10-22(16-21)31(29,30)27-13-6-3-7-14-27/h4-5,8-12,15-17H,3,6-7,13-14H2,1-2H3. The van der Waals surface area contributed by atoms with Crippen LogP contribution in [-0.2, 0) is 10.0 Å². The summed E-state index contributed by atoms with van der Waals surface area (Å²) in [7, 11) is -3.51. The number of aromatic nitrogens is 1. The van der Waals surface area contributed by atoms with Crippen LogP contribution in [0, 0.1) is 19.7 Å². The number of hydrogen-bond acceptors (Lipinski definition) is 3. The number of para-hydroxylation sites is 1. The number of rotatable bonds is 5. The third kappa shape index (κ3) is 4.34. The van der Waals surface area contributed by atoms with Crippen molar-refractivity contribution in [1.82, 2.24) is 8.87 Å². The predicted molar refractivity (Wildman–Crippen MR) is 122 cm³/mol. The highest BCUT2D eigenvalue weighted by Crippen LogP contribution is 2.25. The molecule has 0 radical (unpaired) electrons. The van der Waals surface area contributed by atoms with Gasteiger partial charge in [-0.05, 0) is 63.1 Å². The molecule has 7 heteroatoms. The van der Waals surface area contributed by atoms with Crippen molar-refractivity contribution in [2.75, 3.05) is 13.1 Å². The van der Waals surface area contributed by atoms with Crippen molar-refractivity contribution in [3.8, 4) is 5.69 Å². The molecule has 0 N–H and O–H groups in total. The Balaban J connectivity index is 1.62. The van der Waals surface area contributed by atoms with Gasteiger partial charge in [-0.15, -0.1) is 0 Å². The molecule has 2 heterocycles. The summed E-state index contributed by atoms with van der Waals surface area (Å²) >= 11 is 0. The Kier molecular flexibility index (Phi) is 6.07. The molecule has 1 aromatic heterocycles. The second-order valence-electron chi connectivity index (χ2n) is 7.83. The van der Waals surface area contributed by atoms with E-state index in [4.69, 9.17) is 0 Å². The van der Waals surface area contributed by atoms with Crippen LogP contribution in [0.15, 0.2) is 64.5 Å². The molecule has 0 atom stereocenters. The molecule has 2 aromatic carbocycles. The highest BCUT2D eigenvalue weighted by atomic mass is 32.2. The molecular weight excluding hydrogens is 413 g/mol. The van der Waals surface area contributed by atoms with Crippen LogP contribution in [0.4, 0.5) is 10.1 Å². The van der Waals surface area contributed by atoms with E-state index in [0.717, 1.165) is 36.2 Å². The Morgan fingerprint density at radius 1 is 0.968 bits per heavy atom. The third-order valence-corrected chi connectivity index (χ3v) is 7.58. The lowest BCUT2D eigenvalue weighted by molar-refractivity contribution is 0.346. The molecule has 0 unspecified atom stereocenters. The van der Waals surface area contributed by atoms with Crippen molar-refractivity contribution in [2.45, 2.75) is 38.0 Å². The zero-order chi connectivity index (χ0) is 22.0. The number of nitrogens with zero attached hydrogens (tertiary/aromatic N) is 3. The molecule has 5 nitrogen and oxygen atoms in total. The monoisotopic (exact) mass is 439 g/mol. The van der Waals surface area contributed by atoms with Crippen molar-refractivity contribution in [1.29, 1.82) is 0 Å². The smallest absolute Gasteiger partial charge is 0.243 e. The molecule has 0 spiro atoms. The molecule has 0 saturated carbocycles. The Labute approximate surface area is 182 Å². The molecule has 0 bridgehead atoms. The minimum atomic E-state index is -3.51. The van der Waals surface area contributed by atoms with E-state index in [-0.39, 0.29) is 10.7 Å². The maximum Gasteiger partial charge on any atom is 0.243 e. The molecule has 1 aliphatic rings. The molecule has 3 aromatic rings. The van der Waals surface area contributed by atoms with Gasteiger partial charge in [0.05, 0.1) is 16.3 Å². The number of sulfonamides is 1. The Morgan fingerprint density at radius 2 is 1.71 bits per heavy atom. The molecule has 1 fully saturated rings. The van der Waals surface area contributed by atoms with Gasteiger partial charge < -0.3 is 4.57 Å². The summed E-state index contributed by atoms with van der Waals surface area (Å²) in [4.78, 5) is 4.78. The zero-order valence-electron chi connectivity index (χ0n) is 17.8. The van der Waals surface area contributed by atoms with Crippen LogP contribution < -0.4 is 0 Å². The summed E-state index contributed by atoms with van der Waals surface area (Å²) in [5.41, 5.74) is 3.67. The first kappa shape index (κ1) is 21.5. The normalized spacial score (nSPS) is 15.6. The van der Waals surface area contributed by atoms with Crippen molar-refractivity contribution in [3.63, 3.8) is 0 Å². The molecule has 31 heavy (non-hydrogen) atoms. The molecule has 1 saturated heterocycles. The molecule has 4 rings (SSSR count). The van der Waals surface area contributed by atoms with Gasteiger partial charge in [-0.3, -0.25) is 4.99 Å². The van der Waals surface area contributed by atoms with Crippen molar-refractivity contribution in [3.05, 3.63) is 77.4 Å². The van der Waals surface area contributed by atoms with Gasteiger partial charge in [0, 0.05) is 36.3 Å². The van der Waals surface area contributed by atoms with Crippen LogP contribution in [0.5, 0.6) is 0 Å². The third-order valence-electron chi connectivity index (χ3n) is 5.69. The van der Waals surface area contributed by atoms with E-state index in [1.807, 2.05) is 24.5 Å². The van der Waals surface area contributed by atoms with Crippen LogP contribution in [0.2, 0.25) is 0 Å². The first-order chi connectivity index (χ1) is 14.9. The van der Waals surface area contributed by atoms with Gasteiger partial charge in [-0.25, -0.2) is 12.8 Å². The van der Waals surface area contributed by atoms with E-state index < -0.39 is 10.0 Å². The maximum atomic E-state index is 14.3. The van der Waals surface area contributed by atoms with E-state index in [1.54, 1.807) is 53.0 Å². The van der Waals surface area contributed by atoms with E-state index in [1.165, 1.54) is 6.07 Å². The lowest BCUT2D eigenvalue weighted by Crippen LogP contribution is -2.35. The summed E-state index contributed by atoms with van der Waals surface area (Å²) in [6.07, 6.45) is 4.57. The van der Waals surface area contributed by atoms with Crippen LogP contribution in [-0.4, -0.2) is 36.6 Å². The van der Waals surface area contributed by atoms with Crippen LogP contribution in [0.1, 0.15) is 36.2 Å². The van der Waals surface area contributed by atoms with Crippen molar-refractivity contribution in [2.24, 2.45) is 4.99 Å². The van der Waals surface area contributed by atoms with Gasteiger partial charge in [0.2, 0.25) is 10.0 Å². The molecule has 0 aliphatic carbocycles. The Morgan fingerprint density at radius 3 is 2.45 bits per heavy atom. The Hall–Kier alpha value is -2.77. The van der Waals surface area contributed by atoms with Gasteiger partial charge in [0.1, 0.15) is 5.82 Å². The summed E-state index contributed by atoms with van der Waals surface area (Å²) in [6, 6.07) is 15.3. The molecule has 162 valence electrons. The summed E-state index contributed by atoms with van der Waals surface area (Å²) in [6.45, 7) is 4.97. The van der Waals surface area contributed by atoms with Crippen LogP contribution >= 0.6 is 0 Å². The zero-order valence-corrected chi connectivity index (χ0v) is 18.6. The van der Waals surface area contributed by atoms with Crippen LogP contribution in [0.25, 0.3) is 5.69 Å². The largest absolute Gasteiger partial charge is 0.315 e. The highest BCUT2D eigenvalue weighted by Gasteiger charge is 2.25. The number of aliphatic imine (C=N–C) groups is 1. The Bertz CT molecular complexity index is 1230. The summed E-state index contributed by atoms with van der Waals surface area (Å²) in [5, 5.41) is 0. The number of benzene rings is 2. The highest BCUT2D eigenvalue weighted by molar-refractivity contribution is 7.89. The summed E-state index contributed by atoms with van der Waals surface area (Å²) in [5.74, 6) is -0.289. The topological polar surface area (TPSA) is 54.7 Å². The van der Waals surface area contributed by atoms with E-state index >= 15 is 0 Å². The summed E-state index contributed by atoms with van der Waals surface area (Å²) < 4.78 is 43.6. The predicted octanol–water partition coefficient (Wildman–Crippen LogP) is 5.16. The fourth-order valence-corrected chi connectivity index (χ4v) is 5.60. The van der Waals surface area contributed by atoms with E-state index in [9.17, 15) is 12.8 Å². The number of aryl methyl sites for hydroxylation is 1. The van der Waals surface area contributed by atoms with Gasteiger partial charge in [-0.1, -0.05) is 24.6 Å². The minimum Gasteiger partial charge on any atom is -0.315 e. The first-order valence-electron chi connectivity index (χ1n) is 10.5. The average molecular weight is 440 g/mol. The molecule has 0 amide bonds. The minimum absolute atomic E-state index is 0.265. The van der Waals surface area contributed by atoms with Gasteiger partial charge in [-0.2, -0.15) is 4.31 Å².